The number of hydrogen-bond acceptors (Lipinski definition) is 5. The van der Waals surface area contributed by atoms with E-state index in [-0.39, 0.29) is 11.9 Å². The van der Waals surface area contributed by atoms with Gasteiger partial charge in [-0.2, -0.15) is 0 Å². The number of carbonyl (C=O) groups is 1. The first-order valence-electron chi connectivity index (χ1n) is 14.9. The molecule has 6 nitrogen and oxygen atoms in total. The van der Waals surface area contributed by atoms with Crippen molar-refractivity contribution in [2.45, 2.75) is 66.2 Å². The van der Waals surface area contributed by atoms with Crippen LogP contribution in [-0.4, -0.2) is 67.5 Å². The van der Waals surface area contributed by atoms with Crippen LogP contribution in [0, 0.1) is 18.3 Å². The van der Waals surface area contributed by atoms with Crippen molar-refractivity contribution in [3.63, 3.8) is 0 Å². The average molecular weight is 548 g/mol. The van der Waals surface area contributed by atoms with Gasteiger partial charge >= 0.3 is 5.97 Å². The minimum Gasteiger partial charge on any atom is -0.465 e. The molecule has 6 heteroatoms. The molecular weight excluding hydrogens is 498 g/mol. The second kappa shape index (κ2) is 19.7. The van der Waals surface area contributed by atoms with Crippen LogP contribution >= 0.6 is 0 Å². The fourth-order valence-electron chi connectivity index (χ4n) is 4.70. The normalized spacial score (nSPS) is 18.2. The molecule has 1 unspecified atom stereocenters. The summed E-state index contributed by atoms with van der Waals surface area (Å²) in [4.78, 5) is 21.4. The standard InChI is InChI=1S/C34H49N3O3/c1-6-10-11-15-21-31(8-3)33(35-9-4)37-25-23-36(24-26-37)22-16-17-27-39-34(40-29(5)38)32(18-7-2)28-30-19-13-12-14-20-30/h3,7,10-11,13,15,18-21,31H,6,9,12,14,16-17,22-28H2,1-2,4-5H3/b11-10-,18-7-,21-15-,34-32-,35-33+. The minimum absolute atomic E-state index is 0.109. The average Bonchev–Trinajstić information content (AvgIpc) is 2.96. The summed E-state index contributed by atoms with van der Waals surface area (Å²) < 4.78 is 11.5. The number of ether oxygens (including phenoxy) is 2. The molecule has 2 rings (SSSR count). The number of piperazine rings is 1. The first-order valence-corrected chi connectivity index (χ1v) is 14.9. The molecule has 1 heterocycles. The lowest BCUT2D eigenvalue weighted by Gasteiger charge is -2.37. The van der Waals surface area contributed by atoms with Crippen LogP contribution in [0.15, 0.2) is 76.8 Å². The van der Waals surface area contributed by atoms with Gasteiger partial charge in [-0.05, 0) is 58.1 Å². The van der Waals surface area contributed by atoms with Gasteiger partial charge in [-0.25, -0.2) is 0 Å². The molecule has 0 amide bonds. The molecule has 0 bridgehead atoms. The molecule has 1 aliphatic heterocycles. The van der Waals surface area contributed by atoms with E-state index in [9.17, 15) is 4.79 Å². The zero-order valence-corrected chi connectivity index (χ0v) is 25.1. The van der Waals surface area contributed by atoms with Crippen LogP contribution in [0.5, 0.6) is 0 Å². The lowest BCUT2D eigenvalue weighted by atomic mass is 10.00. The molecule has 1 fully saturated rings. The molecule has 1 saturated heterocycles. The van der Waals surface area contributed by atoms with Gasteiger partial charge in [-0.15, -0.1) is 6.42 Å². The van der Waals surface area contributed by atoms with E-state index in [4.69, 9.17) is 20.9 Å². The molecule has 0 aromatic rings. The monoisotopic (exact) mass is 547 g/mol. The number of aliphatic imine (C=N–C) groups is 1. The van der Waals surface area contributed by atoms with E-state index in [0.29, 0.717) is 19.0 Å². The maximum atomic E-state index is 11.8. The minimum atomic E-state index is -0.367. The Labute approximate surface area is 242 Å². The zero-order chi connectivity index (χ0) is 29.0. The fraction of sp³-hybridized carbons (Fsp3) is 0.529. The van der Waals surface area contributed by atoms with Crippen LogP contribution in [-0.2, 0) is 14.3 Å². The van der Waals surface area contributed by atoms with Crippen LogP contribution in [0.25, 0.3) is 0 Å². The summed E-state index contributed by atoms with van der Waals surface area (Å²) in [6.45, 7) is 13.6. The number of amidine groups is 1. The first kappa shape index (κ1) is 32.9. The summed E-state index contributed by atoms with van der Waals surface area (Å²) in [5, 5.41) is 0. The number of carbonyl (C=O) groups excluding carboxylic acids is 1. The zero-order valence-electron chi connectivity index (χ0n) is 25.1. The van der Waals surface area contributed by atoms with Crippen molar-refractivity contribution in [3.8, 4) is 12.3 Å². The molecule has 1 atom stereocenters. The van der Waals surface area contributed by atoms with E-state index >= 15 is 0 Å². The van der Waals surface area contributed by atoms with Gasteiger partial charge in [0, 0.05) is 51.6 Å². The highest BCUT2D eigenvalue weighted by atomic mass is 16.7. The summed E-state index contributed by atoms with van der Waals surface area (Å²) in [7, 11) is 0. The largest absolute Gasteiger partial charge is 0.465 e. The lowest BCUT2D eigenvalue weighted by Crippen LogP contribution is -2.50. The van der Waals surface area contributed by atoms with Gasteiger partial charge in [0.15, 0.2) is 0 Å². The van der Waals surface area contributed by atoms with Crippen LogP contribution in [0.1, 0.15) is 66.2 Å². The van der Waals surface area contributed by atoms with Gasteiger partial charge in [-0.3, -0.25) is 14.7 Å². The Hall–Kier alpha value is -3.30. The van der Waals surface area contributed by atoms with Crippen LogP contribution in [0.2, 0.25) is 0 Å². The molecule has 1 aliphatic carbocycles. The number of terminal acetylenes is 1. The Balaban J connectivity index is 1.85. The van der Waals surface area contributed by atoms with Gasteiger partial charge in [0.2, 0.25) is 0 Å². The van der Waals surface area contributed by atoms with Gasteiger partial charge in [-0.1, -0.05) is 67.5 Å². The third-order valence-electron chi connectivity index (χ3n) is 6.70. The first-order chi connectivity index (χ1) is 19.5. The molecule has 0 aromatic carbocycles. The highest BCUT2D eigenvalue weighted by molar-refractivity contribution is 5.89. The van der Waals surface area contributed by atoms with Gasteiger partial charge in [0.1, 0.15) is 5.84 Å². The van der Waals surface area contributed by atoms with Crippen molar-refractivity contribution in [3.05, 3.63) is 71.8 Å². The molecule has 0 N–H and O–H groups in total. The molecule has 40 heavy (non-hydrogen) atoms. The molecule has 0 spiro atoms. The third-order valence-corrected chi connectivity index (χ3v) is 6.70. The SMILES string of the molecule is C#CC(/C=C\C=C/CC)/C(=N\CC)N1CCN(CCCCO/C(OC(C)=O)=C(\C=C/C)CC2=CCCC=C2)CC1. The van der Waals surface area contributed by atoms with Crippen molar-refractivity contribution in [1.29, 1.82) is 0 Å². The number of unbranched alkanes of at least 4 members (excludes halogenated alkanes) is 1. The number of hydrogen-bond donors (Lipinski definition) is 0. The van der Waals surface area contributed by atoms with Crippen molar-refractivity contribution in [2.24, 2.45) is 10.9 Å². The Morgan fingerprint density at radius 1 is 1.18 bits per heavy atom. The summed E-state index contributed by atoms with van der Waals surface area (Å²) >= 11 is 0. The smallest absolute Gasteiger partial charge is 0.310 e. The number of allylic oxidation sites excluding steroid dienone is 10. The van der Waals surface area contributed by atoms with E-state index in [0.717, 1.165) is 82.8 Å². The van der Waals surface area contributed by atoms with E-state index in [1.807, 2.05) is 31.2 Å². The van der Waals surface area contributed by atoms with Crippen molar-refractivity contribution in [2.75, 3.05) is 45.9 Å². The second-order valence-corrected chi connectivity index (χ2v) is 9.92. The Morgan fingerprint density at radius 2 is 1.98 bits per heavy atom. The molecular formula is C34H49N3O3. The van der Waals surface area contributed by atoms with Crippen LogP contribution < -0.4 is 0 Å². The van der Waals surface area contributed by atoms with Gasteiger partial charge < -0.3 is 14.4 Å². The molecule has 218 valence electrons. The number of rotatable bonds is 15. The second-order valence-electron chi connectivity index (χ2n) is 9.92. The molecule has 2 aliphatic rings. The summed E-state index contributed by atoms with van der Waals surface area (Å²) in [5.41, 5.74) is 2.11. The maximum absolute atomic E-state index is 11.8. The summed E-state index contributed by atoms with van der Waals surface area (Å²) in [6.07, 6.45) is 30.3. The molecule has 0 radical (unpaired) electrons. The Bertz CT molecular complexity index is 1030. The van der Waals surface area contributed by atoms with Crippen LogP contribution in [0.3, 0.4) is 0 Å². The van der Waals surface area contributed by atoms with E-state index in [2.05, 4.69) is 59.9 Å². The molecule has 0 saturated carbocycles. The van der Waals surface area contributed by atoms with Gasteiger partial charge in [0.05, 0.1) is 12.5 Å². The highest BCUT2D eigenvalue weighted by Crippen LogP contribution is 2.23. The van der Waals surface area contributed by atoms with Gasteiger partial charge in [0.25, 0.3) is 5.95 Å². The topological polar surface area (TPSA) is 54.4 Å². The fourth-order valence-corrected chi connectivity index (χ4v) is 4.70. The van der Waals surface area contributed by atoms with Crippen molar-refractivity contribution >= 4 is 11.8 Å². The van der Waals surface area contributed by atoms with Crippen molar-refractivity contribution in [1.82, 2.24) is 9.80 Å². The summed E-state index contributed by atoms with van der Waals surface area (Å²) in [5.74, 6) is 3.76. The maximum Gasteiger partial charge on any atom is 0.310 e. The highest BCUT2D eigenvalue weighted by Gasteiger charge is 2.23. The van der Waals surface area contributed by atoms with E-state index in [1.165, 1.54) is 12.5 Å². The Kier molecular flexibility index (Phi) is 16.2. The number of esters is 1. The number of nitrogens with zero attached hydrogens (tertiary/aromatic N) is 3. The lowest BCUT2D eigenvalue weighted by molar-refractivity contribution is -0.142. The van der Waals surface area contributed by atoms with E-state index in [1.54, 1.807) is 0 Å². The third kappa shape index (κ3) is 12.3. The summed E-state index contributed by atoms with van der Waals surface area (Å²) in [6, 6.07) is 0. The van der Waals surface area contributed by atoms with Crippen molar-refractivity contribution < 1.29 is 14.3 Å². The molecule has 0 aromatic heterocycles. The predicted octanol–water partition coefficient (Wildman–Crippen LogP) is 6.61. The predicted molar refractivity (Wildman–Crippen MR) is 167 cm³/mol. The van der Waals surface area contributed by atoms with E-state index < -0.39 is 0 Å². The Morgan fingerprint density at radius 3 is 2.60 bits per heavy atom. The van der Waals surface area contributed by atoms with Crippen LogP contribution in [0.4, 0.5) is 0 Å². The quantitative estimate of drug-likeness (QED) is 0.0439.